The maximum Gasteiger partial charge on any atom is 0.0468 e. The lowest BCUT2D eigenvalue weighted by Gasteiger charge is -2.27. The van der Waals surface area contributed by atoms with Crippen molar-refractivity contribution in [3.8, 4) is 22.3 Å². The summed E-state index contributed by atoms with van der Waals surface area (Å²) in [5.74, 6) is 0. The zero-order chi connectivity index (χ0) is 30.4. The summed E-state index contributed by atoms with van der Waals surface area (Å²) in [5.41, 5.74) is 12.7. The molecule has 45 heavy (non-hydrogen) atoms. The van der Waals surface area contributed by atoms with Gasteiger partial charge in [0.25, 0.3) is 0 Å². The van der Waals surface area contributed by atoms with Crippen LogP contribution in [0.3, 0.4) is 0 Å². The van der Waals surface area contributed by atoms with Crippen molar-refractivity contribution in [2.24, 2.45) is 0 Å². The lowest BCUT2D eigenvalue weighted by Crippen LogP contribution is -2.10. The summed E-state index contributed by atoms with van der Waals surface area (Å²) in [5, 5.41) is 0. The van der Waals surface area contributed by atoms with Crippen LogP contribution in [0, 0.1) is 6.92 Å². The maximum absolute atomic E-state index is 2.33. The van der Waals surface area contributed by atoms with Crippen molar-refractivity contribution in [3.05, 3.63) is 194 Å². The van der Waals surface area contributed by atoms with Crippen LogP contribution in [0.4, 0.5) is 34.1 Å². The summed E-state index contributed by atoms with van der Waals surface area (Å²) in [6.07, 6.45) is 0. The molecule has 0 amide bonds. The third-order valence-corrected chi connectivity index (χ3v) is 8.12. The lowest BCUT2D eigenvalue weighted by atomic mass is 9.93. The molecule has 0 bridgehead atoms. The highest BCUT2D eigenvalue weighted by atomic mass is 15.1. The average molecular weight is 579 g/mol. The summed E-state index contributed by atoms with van der Waals surface area (Å²) < 4.78 is 0. The fourth-order valence-corrected chi connectivity index (χ4v) is 5.89. The highest BCUT2D eigenvalue weighted by Crippen LogP contribution is 2.42. The van der Waals surface area contributed by atoms with E-state index in [0.717, 1.165) is 34.1 Å². The van der Waals surface area contributed by atoms with Gasteiger partial charge in [-0.3, -0.25) is 0 Å². The van der Waals surface area contributed by atoms with Crippen LogP contribution in [0.5, 0.6) is 0 Å². The molecule has 0 aliphatic heterocycles. The molecule has 0 unspecified atom stereocenters. The normalized spacial score (nSPS) is 10.8. The number of anilines is 6. The Balaban J connectivity index is 1.34. The molecule has 2 nitrogen and oxygen atoms in total. The summed E-state index contributed by atoms with van der Waals surface area (Å²) in [6.45, 7) is 2.14. The Morgan fingerprint density at radius 3 is 1.07 bits per heavy atom. The zero-order valence-corrected chi connectivity index (χ0v) is 25.3. The first-order valence-corrected chi connectivity index (χ1v) is 15.4. The third kappa shape index (κ3) is 6.00. The predicted octanol–water partition coefficient (Wildman–Crippen LogP) is 12.3. The zero-order valence-electron chi connectivity index (χ0n) is 25.3. The van der Waals surface area contributed by atoms with Crippen molar-refractivity contribution in [1.82, 2.24) is 0 Å². The van der Waals surface area contributed by atoms with Gasteiger partial charge in [0.15, 0.2) is 0 Å². The standard InChI is InChI=1S/C43H34N2/c1-33-22-24-35(25-23-33)43-32-41(45(38-18-10-4-11-19-38)39-20-12-5-13-21-39)30-31-42(43)34-26-28-40(29-27-34)44(36-14-6-2-7-15-36)37-16-8-3-9-17-37/h2-32H,1H3. The molecular formula is C43H34N2. The molecule has 0 heterocycles. The molecular weight excluding hydrogens is 544 g/mol. The van der Waals surface area contributed by atoms with Crippen LogP contribution in [-0.4, -0.2) is 0 Å². The minimum absolute atomic E-state index is 1.11. The number of hydrogen-bond acceptors (Lipinski definition) is 2. The van der Waals surface area contributed by atoms with Crippen LogP contribution in [-0.2, 0) is 0 Å². The molecule has 0 aromatic heterocycles. The van der Waals surface area contributed by atoms with E-state index in [1.54, 1.807) is 0 Å². The molecule has 7 aromatic carbocycles. The average Bonchev–Trinajstić information content (AvgIpc) is 3.11. The Kier molecular flexibility index (Phi) is 7.94. The molecule has 0 N–H and O–H groups in total. The highest BCUT2D eigenvalue weighted by molar-refractivity contribution is 5.89. The van der Waals surface area contributed by atoms with Gasteiger partial charge < -0.3 is 9.80 Å². The third-order valence-electron chi connectivity index (χ3n) is 8.12. The van der Waals surface area contributed by atoms with Crippen LogP contribution >= 0.6 is 0 Å². The van der Waals surface area contributed by atoms with Crippen LogP contribution in [0.1, 0.15) is 5.56 Å². The summed E-state index contributed by atoms with van der Waals surface area (Å²) >= 11 is 0. The Morgan fingerprint density at radius 2 is 0.622 bits per heavy atom. The molecule has 0 saturated heterocycles. The van der Waals surface area contributed by atoms with E-state index >= 15 is 0 Å². The molecule has 0 aliphatic rings. The number of hydrogen-bond donors (Lipinski definition) is 0. The largest absolute Gasteiger partial charge is 0.311 e. The van der Waals surface area contributed by atoms with E-state index in [1.807, 2.05) is 0 Å². The molecule has 0 fully saturated rings. The summed E-state index contributed by atoms with van der Waals surface area (Å²) in [4.78, 5) is 4.62. The fourth-order valence-electron chi connectivity index (χ4n) is 5.89. The van der Waals surface area contributed by atoms with Gasteiger partial charge in [0.05, 0.1) is 0 Å². The highest BCUT2D eigenvalue weighted by Gasteiger charge is 2.17. The van der Waals surface area contributed by atoms with Crippen molar-refractivity contribution in [2.75, 3.05) is 9.80 Å². The quantitative estimate of drug-likeness (QED) is 0.177. The van der Waals surface area contributed by atoms with E-state index < -0.39 is 0 Å². The smallest absolute Gasteiger partial charge is 0.0468 e. The van der Waals surface area contributed by atoms with Crippen molar-refractivity contribution in [1.29, 1.82) is 0 Å². The number of rotatable bonds is 8. The van der Waals surface area contributed by atoms with Gasteiger partial charge in [-0.15, -0.1) is 0 Å². The molecule has 216 valence electrons. The maximum atomic E-state index is 2.33. The van der Waals surface area contributed by atoms with E-state index in [9.17, 15) is 0 Å². The van der Waals surface area contributed by atoms with Crippen LogP contribution in [0.15, 0.2) is 188 Å². The van der Waals surface area contributed by atoms with E-state index in [4.69, 9.17) is 0 Å². The van der Waals surface area contributed by atoms with Crippen molar-refractivity contribution >= 4 is 34.1 Å². The van der Waals surface area contributed by atoms with E-state index in [-0.39, 0.29) is 0 Å². The minimum Gasteiger partial charge on any atom is -0.311 e. The summed E-state index contributed by atoms with van der Waals surface area (Å²) in [7, 11) is 0. The number of nitrogens with zero attached hydrogens (tertiary/aromatic N) is 2. The minimum atomic E-state index is 1.11. The molecule has 7 rings (SSSR count). The molecule has 0 saturated carbocycles. The Morgan fingerprint density at radius 1 is 0.289 bits per heavy atom. The second-order valence-corrected chi connectivity index (χ2v) is 11.2. The van der Waals surface area contributed by atoms with Crippen molar-refractivity contribution in [2.45, 2.75) is 6.92 Å². The van der Waals surface area contributed by atoms with E-state index in [1.165, 1.54) is 27.8 Å². The number of benzene rings is 7. The number of para-hydroxylation sites is 4. The topological polar surface area (TPSA) is 6.48 Å². The van der Waals surface area contributed by atoms with E-state index in [0.29, 0.717) is 0 Å². The van der Waals surface area contributed by atoms with Crippen LogP contribution in [0.2, 0.25) is 0 Å². The van der Waals surface area contributed by atoms with Gasteiger partial charge in [-0.25, -0.2) is 0 Å². The Labute approximate surface area is 266 Å². The molecule has 0 atom stereocenters. The van der Waals surface area contributed by atoms with Crippen LogP contribution in [0.25, 0.3) is 22.3 Å². The molecule has 7 aromatic rings. The van der Waals surface area contributed by atoms with Gasteiger partial charge in [0.2, 0.25) is 0 Å². The van der Waals surface area contributed by atoms with Gasteiger partial charge in [-0.05, 0) is 102 Å². The molecule has 0 radical (unpaired) electrons. The monoisotopic (exact) mass is 578 g/mol. The first-order valence-electron chi connectivity index (χ1n) is 15.4. The fraction of sp³-hybridized carbons (Fsp3) is 0.0233. The predicted molar refractivity (Wildman–Crippen MR) is 191 cm³/mol. The second kappa shape index (κ2) is 12.8. The lowest BCUT2D eigenvalue weighted by molar-refractivity contribution is 1.28. The molecule has 0 aliphatic carbocycles. The van der Waals surface area contributed by atoms with Crippen LogP contribution < -0.4 is 9.80 Å². The SMILES string of the molecule is Cc1ccc(-c2cc(N(c3ccccc3)c3ccccc3)ccc2-c2ccc(N(c3ccccc3)c3ccccc3)cc2)cc1. The van der Waals surface area contributed by atoms with E-state index in [2.05, 4.69) is 205 Å². The molecule has 0 spiro atoms. The first kappa shape index (κ1) is 27.9. The summed E-state index contributed by atoms with van der Waals surface area (Å²) in [6, 6.07) is 66.8. The van der Waals surface area contributed by atoms with Gasteiger partial charge in [0.1, 0.15) is 0 Å². The van der Waals surface area contributed by atoms with Crippen molar-refractivity contribution < 1.29 is 0 Å². The Hall–Kier alpha value is -5.86. The van der Waals surface area contributed by atoms with Gasteiger partial charge in [0, 0.05) is 34.1 Å². The first-order chi connectivity index (χ1) is 22.2. The Bertz CT molecular complexity index is 1890. The van der Waals surface area contributed by atoms with Crippen molar-refractivity contribution in [3.63, 3.8) is 0 Å². The van der Waals surface area contributed by atoms with Gasteiger partial charge in [-0.2, -0.15) is 0 Å². The van der Waals surface area contributed by atoms with Gasteiger partial charge >= 0.3 is 0 Å². The molecule has 2 heteroatoms. The van der Waals surface area contributed by atoms with Gasteiger partial charge in [-0.1, -0.05) is 121 Å². The second-order valence-electron chi connectivity index (χ2n) is 11.2. The number of aryl methyl sites for hydroxylation is 1.